The normalized spacial score (nSPS) is 17.7. The number of carbonyl (C=O) groups excluding carboxylic acids is 1. The van der Waals surface area contributed by atoms with Crippen LogP contribution in [0.1, 0.15) is 31.9 Å². The van der Waals surface area contributed by atoms with Crippen LogP contribution in [0.4, 0.5) is 0 Å². The number of fused-ring (bicyclic) bond motifs is 1. The molecular formula is C13H18N2O4S. The van der Waals surface area contributed by atoms with Crippen LogP contribution in [-0.2, 0) is 14.8 Å². The molecule has 0 saturated heterocycles. The molecule has 0 fully saturated rings. The first kappa shape index (κ1) is 14.8. The van der Waals surface area contributed by atoms with E-state index in [0.29, 0.717) is 24.3 Å². The fourth-order valence-corrected chi connectivity index (χ4v) is 2.66. The van der Waals surface area contributed by atoms with E-state index in [1.807, 2.05) is 13.8 Å². The van der Waals surface area contributed by atoms with E-state index in [-0.39, 0.29) is 22.8 Å². The minimum Gasteiger partial charge on any atom is -0.491 e. The standard InChI is InChI=1S/C13H18N2O4S/c1-8(2)5-13(16)15-11-7-19-12-4-3-9(6-10(11)12)20(14,17)18/h3-4,6,8,11H,5,7H2,1-2H3,(H,15,16)(H2,14,17,18). The largest absolute Gasteiger partial charge is 0.491 e. The first-order chi connectivity index (χ1) is 9.27. The predicted octanol–water partition coefficient (Wildman–Crippen LogP) is 0.930. The number of hydrogen-bond donors (Lipinski definition) is 2. The molecule has 1 unspecified atom stereocenters. The highest BCUT2D eigenvalue weighted by atomic mass is 32.2. The zero-order chi connectivity index (χ0) is 14.9. The summed E-state index contributed by atoms with van der Waals surface area (Å²) in [5, 5.41) is 7.95. The molecule has 0 bridgehead atoms. The molecule has 0 radical (unpaired) electrons. The van der Waals surface area contributed by atoms with Crippen LogP contribution in [0.15, 0.2) is 23.1 Å². The average molecular weight is 298 g/mol. The monoisotopic (exact) mass is 298 g/mol. The van der Waals surface area contributed by atoms with Gasteiger partial charge in [-0.3, -0.25) is 4.79 Å². The molecule has 7 heteroatoms. The molecule has 0 saturated carbocycles. The van der Waals surface area contributed by atoms with Crippen LogP contribution in [-0.4, -0.2) is 20.9 Å². The molecule has 1 heterocycles. The minimum absolute atomic E-state index is 0.0184. The molecule has 1 aliphatic heterocycles. The lowest BCUT2D eigenvalue weighted by Gasteiger charge is -2.13. The number of carbonyl (C=O) groups is 1. The van der Waals surface area contributed by atoms with Crippen molar-refractivity contribution >= 4 is 15.9 Å². The van der Waals surface area contributed by atoms with Crippen LogP contribution in [0.2, 0.25) is 0 Å². The van der Waals surface area contributed by atoms with Crippen molar-refractivity contribution in [3.63, 3.8) is 0 Å². The predicted molar refractivity (Wildman–Crippen MR) is 73.6 cm³/mol. The molecule has 6 nitrogen and oxygen atoms in total. The lowest BCUT2D eigenvalue weighted by Crippen LogP contribution is -2.30. The molecule has 2 rings (SSSR count). The SMILES string of the molecule is CC(C)CC(=O)NC1COc2ccc(S(N)(=O)=O)cc21. The maximum absolute atomic E-state index is 11.8. The number of rotatable bonds is 4. The van der Waals surface area contributed by atoms with Crippen molar-refractivity contribution in [2.24, 2.45) is 11.1 Å². The van der Waals surface area contributed by atoms with Crippen molar-refractivity contribution in [2.75, 3.05) is 6.61 Å². The molecule has 1 aromatic rings. The quantitative estimate of drug-likeness (QED) is 0.863. The molecule has 1 amide bonds. The topological polar surface area (TPSA) is 98.5 Å². The van der Waals surface area contributed by atoms with Crippen molar-refractivity contribution in [1.29, 1.82) is 0 Å². The van der Waals surface area contributed by atoms with Gasteiger partial charge in [-0.25, -0.2) is 13.6 Å². The van der Waals surface area contributed by atoms with E-state index in [1.54, 1.807) is 6.07 Å². The highest BCUT2D eigenvalue weighted by Crippen LogP contribution is 2.33. The summed E-state index contributed by atoms with van der Waals surface area (Å²) in [5.41, 5.74) is 0.647. The second-order valence-electron chi connectivity index (χ2n) is 5.27. The molecular weight excluding hydrogens is 280 g/mol. The van der Waals surface area contributed by atoms with Crippen molar-refractivity contribution < 1.29 is 17.9 Å². The molecule has 3 N–H and O–H groups in total. The van der Waals surface area contributed by atoms with Gasteiger partial charge in [-0.15, -0.1) is 0 Å². The number of benzene rings is 1. The first-order valence-electron chi connectivity index (χ1n) is 6.36. The second-order valence-corrected chi connectivity index (χ2v) is 6.84. The Balaban J connectivity index is 2.21. The Morgan fingerprint density at radius 1 is 1.50 bits per heavy atom. The molecule has 20 heavy (non-hydrogen) atoms. The van der Waals surface area contributed by atoms with Crippen LogP contribution >= 0.6 is 0 Å². The number of amides is 1. The molecule has 0 spiro atoms. The molecule has 0 aromatic heterocycles. The Morgan fingerprint density at radius 2 is 2.20 bits per heavy atom. The van der Waals surface area contributed by atoms with Crippen LogP contribution in [0.3, 0.4) is 0 Å². The van der Waals surface area contributed by atoms with Gasteiger partial charge >= 0.3 is 0 Å². The lowest BCUT2D eigenvalue weighted by atomic mass is 10.1. The maximum atomic E-state index is 11.8. The summed E-state index contributed by atoms with van der Waals surface area (Å²) in [7, 11) is -3.76. The number of ether oxygens (including phenoxy) is 1. The molecule has 1 aliphatic rings. The minimum atomic E-state index is -3.76. The highest BCUT2D eigenvalue weighted by Gasteiger charge is 2.27. The van der Waals surface area contributed by atoms with Crippen molar-refractivity contribution in [3.05, 3.63) is 23.8 Å². The number of nitrogens with two attached hydrogens (primary N) is 1. The number of sulfonamides is 1. The van der Waals surface area contributed by atoms with Gasteiger partial charge < -0.3 is 10.1 Å². The lowest BCUT2D eigenvalue weighted by molar-refractivity contribution is -0.122. The van der Waals surface area contributed by atoms with Crippen LogP contribution in [0, 0.1) is 5.92 Å². The molecule has 1 atom stereocenters. The van der Waals surface area contributed by atoms with Gasteiger partial charge in [0.2, 0.25) is 15.9 Å². The number of nitrogens with one attached hydrogen (secondary N) is 1. The fraction of sp³-hybridized carbons (Fsp3) is 0.462. The summed E-state index contributed by atoms with van der Waals surface area (Å²) in [5.74, 6) is 0.752. The smallest absolute Gasteiger partial charge is 0.238 e. The van der Waals surface area contributed by atoms with Gasteiger partial charge in [0.15, 0.2) is 0 Å². The summed E-state index contributed by atoms with van der Waals surface area (Å²) in [4.78, 5) is 11.8. The summed E-state index contributed by atoms with van der Waals surface area (Å²) in [6.07, 6.45) is 0.417. The van der Waals surface area contributed by atoms with Gasteiger partial charge in [-0.05, 0) is 24.1 Å². The van der Waals surface area contributed by atoms with Gasteiger partial charge in [-0.1, -0.05) is 13.8 Å². The van der Waals surface area contributed by atoms with Gasteiger partial charge in [0.1, 0.15) is 12.4 Å². The zero-order valence-corrected chi connectivity index (χ0v) is 12.2. The van der Waals surface area contributed by atoms with E-state index >= 15 is 0 Å². The Hall–Kier alpha value is -1.60. The zero-order valence-electron chi connectivity index (χ0n) is 11.4. The Bertz CT molecular complexity index is 625. The van der Waals surface area contributed by atoms with Gasteiger partial charge in [0, 0.05) is 12.0 Å². The fourth-order valence-electron chi connectivity index (χ4n) is 2.11. The molecule has 1 aromatic carbocycles. The highest BCUT2D eigenvalue weighted by molar-refractivity contribution is 7.89. The Morgan fingerprint density at radius 3 is 2.80 bits per heavy atom. The van der Waals surface area contributed by atoms with Gasteiger partial charge in [0.25, 0.3) is 0 Å². The summed E-state index contributed by atoms with van der Waals surface area (Å²) in [6, 6.07) is 4.08. The van der Waals surface area contributed by atoms with Crippen molar-refractivity contribution in [1.82, 2.24) is 5.32 Å². The summed E-state index contributed by atoms with van der Waals surface area (Å²) in [6.45, 7) is 4.21. The van der Waals surface area contributed by atoms with E-state index in [9.17, 15) is 13.2 Å². The third-order valence-electron chi connectivity index (χ3n) is 3.02. The van der Waals surface area contributed by atoms with E-state index in [0.717, 1.165) is 0 Å². The van der Waals surface area contributed by atoms with Gasteiger partial charge in [-0.2, -0.15) is 0 Å². The third-order valence-corrected chi connectivity index (χ3v) is 3.93. The summed E-state index contributed by atoms with van der Waals surface area (Å²) < 4.78 is 28.1. The number of hydrogen-bond acceptors (Lipinski definition) is 4. The van der Waals surface area contributed by atoms with Crippen LogP contribution in [0.25, 0.3) is 0 Å². The number of primary sulfonamides is 1. The Kier molecular flexibility index (Phi) is 4.01. The Labute approximate surface area is 118 Å². The van der Waals surface area contributed by atoms with Crippen molar-refractivity contribution in [3.8, 4) is 5.75 Å². The average Bonchev–Trinajstić information content (AvgIpc) is 2.69. The third kappa shape index (κ3) is 3.29. The van der Waals surface area contributed by atoms with E-state index in [4.69, 9.17) is 9.88 Å². The van der Waals surface area contributed by atoms with Crippen LogP contribution < -0.4 is 15.2 Å². The maximum Gasteiger partial charge on any atom is 0.238 e. The van der Waals surface area contributed by atoms with E-state index in [2.05, 4.69) is 5.32 Å². The molecule has 0 aliphatic carbocycles. The first-order valence-corrected chi connectivity index (χ1v) is 7.91. The molecule has 110 valence electrons. The van der Waals surface area contributed by atoms with Crippen LogP contribution in [0.5, 0.6) is 5.75 Å². The van der Waals surface area contributed by atoms with Crippen molar-refractivity contribution in [2.45, 2.75) is 31.2 Å². The van der Waals surface area contributed by atoms with E-state index in [1.165, 1.54) is 12.1 Å². The van der Waals surface area contributed by atoms with Gasteiger partial charge in [0.05, 0.1) is 10.9 Å². The summed E-state index contributed by atoms with van der Waals surface area (Å²) >= 11 is 0. The van der Waals surface area contributed by atoms with E-state index < -0.39 is 10.0 Å². The second kappa shape index (κ2) is 5.41.